The summed E-state index contributed by atoms with van der Waals surface area (Å²) in [5.41, 5.74) is 4.07. The highest BCUT2D eigenvalue weighted by atomic mass is 19.4. The van der Waals surface area contributed by atoms with Gasteiger partial charge in [0.1, 0.15) is 30.4 Å². The molecule has 4 rings (SSSR count). The number of carbonyl (C=O) groups is 5. The van der Waals surface area contributed by atoms with E-state index in [1.54, 1.807) is 0 Å². The molecule has 2 aliphatic carbocycles. The minimum Gasteiger partial charge on any atom is -0.368 e. The van der Waals surface area contributed by atoms with Crippen LogP contribution in [0.3, 0.4) is 0 Å². The highest BCUT2D eigenvalue weighted by Crippen LogP contribution is 2.58. The second kappa shape index (κ2) is 11.4. The van der Waals surface area contributed by atoms with Crippen LogP contribution in [-0.2, 0) is 28.7 Å². The van der Waals surface area contributed by atoms with Crippen molar-refractivity contribution in [1.29, 1.82) is 0 Å². The lowest BCUT2D eigenvalue weighted by Crippen LogP contribution is -2.63. The third-order valence-corrected chi connectivity index (χ3v) is 8.97. The third kappa shape index (κ3) is 6.13. The highest BCUT2D eigenvalue weighted by molar-refractivity contribution is 5.96. The number of nitrogens with one attached hydrogen (secondary N) is 3. The van der Waals surface area contributed by atoms with Crippen LogP contribution < -0.4 is 21.7 Å². The Bertz CT molecular complexity index is 1160. The number of morpholine rings is 1. The Morgan fingerprint density at radius 1 is 1.07 bits per heavy atom. The van der Waals surface area contributed by atoms with Gasteiger partial charge in [-0.2, -0.15) is 22.0 Å². The van der Waals surface area contributed by atoms with Crippen LogP contribution in [0.2, 0.25) is 0 Å². The van der Waals surface area contributed by atoms with Gasteiger partial charge in [-0.05, 0) is 41.9 Å². The second-order valence-corrected chi connectivity index (χ2v) is 12.8. The number of alkyl halides is 6. The number of fused-ring (bicyclic) bond motifs is 5. The molecule has 242 valence electrons. The monoisotopic (exact) mass is 627 g/mol. The van der Waals surface area contributed by atoms with Gasteiger partial charge in [0.25, 0.3) is 0 Å². The van der Waals surface area contributed by atoms with E-state index in [1.807, 2.05) is 0 Å². The van der Waals surface area contributed by atoms with Crippen molar-refractivity contribution >= 4 is 29.5 Å². The number of nitrogens with two attached hydrogens (primary N) is 1. The molecule has 0 aromatic heterocycles. The van der Waals surface area contributed by atoms with Crippen LogP contribution in [0.1, 0.15) is 40.0 Å². The van der Waals surface area contributed by atoms with E-state index >= 15 is 0 Å². The predicted molar refractivity (Wildman–Crippen MR) is 134 cm³/mol. The van der Waals surface area contributed by atoms with E-state index in [-0.39, 0.29) is 38.5 Å². The van der Waals surface area contributed by atoms with Crippen LogP contribution in [0.4, 0.5) is 26.3 Å². The summed E-state index contributed by atoms with van der Waals surface area (Å²) >= 11 is 0. The molecule has 0 aromatic rings. The Hall–Kier alpha value is -3.11. The van der Waals surface area contributed by atoms with Crippen molar-refractivity contribution in [2.45, 2.75) is 82.5 Å². The average Bonchev–Trinajstić information content (AvgIpc) is 3.56. The van der Waals surface area contributed by atoms with Gasteiger partial charge in [0.05, 0.1) is 6.61 Å². The fraction of sp³-hybridized carbons (Fsp3) is 0.808. The molecule has 0 unspecified atom stereocenters. The molecular formula is C26H35F6N5O6. The van der Waals surface area contributed by atoms with Gasteiger partial charge < -0.3 is 31.3 Å². The zero-order chi connectivity index (χ0) is 32.2. The molecule has 43 heavy (non-hydrogen) atoms. The molecule has 9 atom stereocenters. The van der Waals surface area contributed by atoms with E-state index in [2.05, 4.69) is 10.6 Å². The summed E-state index contributed by atoms with van der Waals surface area (Å²) in [7, 11) is 0. The number of nitrogens with zero attached hydrogens (tertiary/aromatic N) is 1. The maximum Gasteiger partial charge on any atom is 0.463 e. The Morgan fingerprint density at radius 2 is 1.72 bits per heavy atom. The first-order valence-electron chi connectivity index (χ1n) is 13.9. The molecule has 2 bridgehead atoms. The number of hydrogen-bond acceptors (Lipinski definition) is 6. The molecule has 4 aliphatic rings. The summed E-state index contributed by atoms with van der Waals surface area (Å²) in [5.74, 6) is -14.2. The van der Waals surface area contributed by atoms with Crippen molar-refractivity contribution in [3.8, 4) is 0 Å². The van der Waals surface area contributed by atoms with Crippen molar-refractivity contribution < 1.29 is 55.1 Å². The molecule has 0 radical (unpaired) electrons. The Kier molecular flexibility index (Phi) is 8.72. The Labute approximate surface area is 243 Å². The second-order valence-electron chi connectivity index (χ2n) is 12.8. The van der Waals surface area contributed by atoms with Crippen LogP contribution in [0.15, 0.2) is 0 Å². The van der Waals surface area contributed by atoms with Crippen LogP contribution in [0, 0.1) is 29.1 Å². The lowest BCUT2D eigenvalue weighted by Gasteiger charge is -2.38. The third-order valence-electron chi connectivity index (χ3n) is 8.97. The lowest BCUT2D eigenvalue weighted by atomic mass is 9.77. The largest absolute Gasteiger partial charge is 0.463 e. The van der Waals surface area contributed by atoms with Gasteiger partial charge in [-0.1, -0.05) is 20.8 Å². The molecule has 5 amide bonds. The molecule has 11 nitrogen and oxygen atoms in total. The summed E-state index contributed by atoms with van der Waals surface area (Å²) in [5, 5.41) is 6.48. The van der Waals surface area contributed by atoms with Crippen molar-refractivity contribution in [1.82, 2.24) is 20.9 Å². The fourth-order valence-corrected chi connectivity index (χ4v) is 6.89. The number of primary amides is 1. The van der Waals surface area contributed by atoms with Crippen LogP contribution in [0.5, 0.6) is 0 Å². The molecule has 17 heteroatoms. The van der Waals surface area contributed by atoms with Gasteiger partial charge in [-0.15, -0.1) is 0 Å². The number of carbonyl (C=O) groups excluding carboxylic acids is 5. The van der Waals surface area contributed by atoms with Gasteiger partial charge >= 0.3 is 18.0 Å². The van der Waals surface area contributed by atoms with Crippen molar-refractivity contribution in [2.24, 2.45) is 34.8 Å². The van der Waals surface area contributed by atoms with Gasteiger partial charge in [-0.25, -0.2) is 4.39 Å². The molecule has 2 saturated carbocycles. The van der Waals surface area contributed by atoms with Gasteiger partial charge in [0.2, 0.25) is 23.6 Å². The topological polar surface area (TPSA) is 160 Å². The van der Waals surface area contributed by atoms with Crippen molar-refractivity contribution in [2.75, 3.05) is 19.7 Å². The van der Waals surface area contributed by atoms with Crippen LogP contribution >= 0.6 is 0 Å². The Balaban J connectivity index is 1.63. The molecule has 5 N–H and O–H groups in total. The van der Waals surface area contributed by atoms with Gasteiger partial charge in [0, 0.05) is 19.5 Å². The molecular weight excluding hydrogens is 592 g/mol. The van der Waals surface area contributed by atoms with Gasteiger partial charge in [-0.3, -0.25) is 24.0 Å². The molecule has 2 saturated heterocycles. The highest BCUT2D eigenvalue weighted by Gasteiger charge is 2.66. The SMILES string of the molecule is CC(C)(C)[C@H](NC(=O)C(F)(F)C(F)(F)F)C(=O)N1C[C@@H]2[C@H]3C[C@@H]([C@@H]2[C@H]1C(=O)N[C@@H](C[C@@H]1OCCNC1=O)C(N)=O)[C@H](F)C3. The molecule has 2 heterocycles. The lowest BCUT2D eigenvalue weighted by molar-refractivity contribution is -0.270. The summed E-state index contributed by atoms with van der Waals surface area (Å²) in [4.78, 5) is 65.2. The predicted octanol–water partition coefficient (Wildman–Crippen LogP) is 0.411. The smallest absolute Gasteiger partial charge is 0.368 e. The van der Waals surface area contributed by atoms with E-state index in [9.17, 15) is 50.3 Å². The molecule has 2 aliphatic heterocycles. The summed E-state index contributed by atoms with van der Waals surface area (Å²) < 4.78 is 86.7. The first-order chi connectivity index (χ1) is 19.8. The number of rotatable bonds is 8. The van der Waals surface area contributed by atoms with Crippen molar-refractivity contribution in [3.05, 3.63) is 0 Å². The van der Waals surface area contributed by atoms with E-state index in [0.717, 1.165) is 4.90 Å². The number of hydrogen-bond donors (Lipinski definition) is 4. The van der Waals surface area contributed by atoms with E-state index in [0.29, 0.717) is 6.42 Å². The number of likely N-dealkylation sites (tertiary alicyclic amines) is 1. The van der Waals surface area contributed by atoms with E-state index < -0.39 is 95.2 Å². The minimum atomic E-state index is -6.23. The van der Waals surface area contributed by atoms with E-state index in [4.69, 9.17) is 10.5 Å². The quantitative estimate of drug-likeness (QED) is 0.286. The van der Waals surface area contributed by atoms with Gasteiger partial charge in [0.15, 0.2) is 0 Å². The number of amides is 5. The number of ether oxygens (including phenoxy) is 1. The normalized spacial score (nSPS) is 32.1. The maximum atomic E-state index is 14.9. The average molecular weight is 628 g/mol. The first kappa shape index (κ1) is 32.8. The number of halogens is 6. The van der Waals surface area contributed by atoms with E-state index in [1.165, 1.54) is 26.1 Å². The summed E-state index contributed by atoms with van der Waals surface area (Å²) in [6.45, 7) is 4.20. The fourth-order valence-electron chi connectivity index (χ4n) is 6.89. The minimum absolute atomic E-state index is 0.138. The maximum absolute atomic E-state index is 14.9. The molecule has 4 fully saturated rings. The first-order valence-corrected chi connectivity index (χ1v) is 13.9. The van der Waals surface area contributed by atoms with Crippen LogP contribution in [0.25, 0.3) is 0 Å². The molecule has 0 spiro atoms. The Morgan fingerprint density at radius 3 is 2.28 bits per heavy atom. The standard InChI is InChI=1S/C26H35F6N5O6/c1-24(2,3)18(36-23(42)25(28,29)26(30,31)32)22(41)37-9-12-10-6-11(13(27)7-10)16(12)17(37)21(40)35-14(19(33)38)8-15-20(39)34-4-5-43-15/h10-18H,4-9H2,1-3H3,(H2,33,38)(H,34,39)(H,35,40)(H,36,42)/t10-,11+,12+,13+,14-,15-,16-,17-,18+/m0/s1. The van der Waals surface area contributed by atoms with Crippen molar-refractivity contribution in [3.63, 3.8) is 0 Å². The summed E-state index contributed by atoms with van der Waals surface area (Å²) in [6.07, 6.45) is -8.41. The summed E-state index contributed by atoms with van der Waals surface area (Å²) in [6, 6.07) is -4.85. The zero-order valence-corrected chi connectivity index (χ0v) is 23.7. The van der Waals surface area contributed by atoms with Crippen LogP contribution in [-0.4, -0.2) is 96.6 Å². The molecule has 0 aromatic carbocycles. The zero-order valence-electron chi connectivity index (χ0n) is 23.7.